The summed E-state index contributed by atoms with van der Waals surface area (Å²) in [6.45, 7) is 3.41. The molecule has 4 heterocycles. The fourth-order valence-electron chi connectivity index (χ4n) is 3.47. The third-order valence-corrected chi connectivity index (χ3v) is 5.80. The van der Waals surface area contributed by atoms with Crippen LogP contribution in [0, 0.1) is 0 Å². The van der Waals surface area contributed by atoms with Crippen LogP contribution in [0.4, 0.5) is 0 Å². The van der Waals surface area contributed by atoms with E-state index in [0.29, 0.717) is 36.9 Å². The van der Waals surface area contributed by atoms with Crippen LogP contribution in [-0.2, 0) is 6.54 Å². The summed E-state index contributed by atoms with van der Waals surface area (Å²) in [4.78, 5) is 21.4. The van der Waals surface area contributed by atoms with Gasteiger partial charge in [0.05, 0.1) is 24.0 Å². The van der Waals surface area contributed by atoms with E-state index in [2.05, 4.69) is 20.1 Å². The number of thiophene rings is 1. The Morgan fingerprint density at radius 1 is 1.10 bits per heavy atom. The van der Waals surface area contributed by atoms with Crippen molar-refractivity contribution in [3.8, 4) is 17.1 Å². The molecule has 0 unspecified atom stereocenters. The Bertz CT molecular complexity index is 1110. The lowest BCUT2D eigenvalue weighted by Gasteiger charge is -2.33. The molecule has 0 spiro atoms. The number of carbonyl (C=O) groups excluding carboxylic acids is 1. The second-order valence-corrected chi connectivity index (χ2v) is 7.88. The molecule has 0 saturated carbocycles. The molecule has 8 nitrogen and oxygen atoms in total. The Labute approximate surface area is 177 Å². The number of aromatic nitrogens is 4. The number of benzene rings is 1. The van der Waals surface area contributed by atoms with Crippen LogP contribution in [0.25, 0.3) is 17.1 Å². The van der Waals surface area contributed by atoms with Crippen LogP contribution in [0.2, 0.25) is 0 Å². The van der Waals surface area contributed by atoms with Crippen molar-refractivity contribution in [2.24, 2.45) is 0 Å². The van der Waals surface area contributed by atoms with E-state index in [1.165, 1.54) is 0 Å². The predicted octanol–water partition coefficient (Wildman–Crippen LogP) is 2.94. The van der Waals surface area contributed by atoms with Crippen molar-refractivity contribution in [2.75, 3.05) is 26.2 Å². The minimum atomic E-state index is 0.00867. The molecule has 1 saturated heterocycles. The molecule has 1 aromatic carbocycles. The molecule has 0 bridgehead atoms. The Hall–Kier alpha value is -3.30. The molecule has 3 aromatic heterocycles. The van der Waals surface area contributed by atoms with Gasteiger partial charge in [0.1, 0.15) is 0 Å². The Morgan fingerprint density at radius 3 is 2.70 bits per heavy atom. The van der Waals surface area contributed by atoms with Crippen LogP contribution < -0.4 is 0 Å². The van der Waals surface area contributed by atoms with Gasteiger partial charge in [0.2, 0.25) is 11.7 Å². The standard InChI is InChI=1S/C21H20N6O2S/c28-21(17-12-22-27(13-17)18-4-2-1-3-5-18)26-9-7-25(8-10-26)14-19-23-20(24-29-19)16-6-11-30-15-16/h1-6,11-13,15H,7-10,14H2. The van der Waals surface area contributed by atoms with Crippen molar-refractivity contribution in [1.82, 2.24) is 29.7 Å². The highest BCUT2D eigenvalue weighted by molar-refractivity contribution is 7.08. The smallest absolute Gasteiger partial charge is 0.257 e. The first kappa shape index (κ1) is 18.7. The van der Waals surface area contributed by atoms with Gasteiger partial charge in [-0.1, -0.05) is 23.4 Å². The number of piperazine rings is 1. The summed E-state index contributed by atoms with van der Waals surface area (Å²) in [6, 6.07) is 11.7. The van der Waals surface area contributed by atoms with Crippen molar-refractivity contribution in [2.45, 2.75) is 6.54 Å². The zero-order chi connectivity index (χ0) is 20.3. The van der Waals surface area contributed by atoms with Gasteiger partial charge in [0.25, 0.3) is 5.91 Å². The molecule has 0 radical (unpaired) electrons. The molecule has 0 atom stereocenters. The van der Waals surface area contributed by atoms with E-state index in [-0.39, 0.29) is 5.91 Å². The normalized spacial score (nSPS) is 14.9. The Balaban J connectivity index is 1.17. The molecule has 30 heavy (non-hydrogen) atoms. The molecular weight excluding hydrogens is 400 g/mol. The summed E-state index contributed by atoms with van der Waals surface area (Å²) in [7, 11) is 0. The first-order valence-corrected chi connectivity index (χ1v) is 10.7. The molecule has 1 fully saturated rings. The lowest BCUT2D eigenvalue weighted by atomic mass is 10.2. The third kappa shape index (κ3) is 3.89. The zero-order valence-electron chi connectivity index (χ0n) is 16.2. The van der Waals surface area contributed by atoms with Gasteiger partial charge in [-0.3, -0.25) is 9.69 Å². The van der Waals surface area contributed by atoms with Gasteiger partial charge in [0, 0.05) is 43.3 Å². The largest absolute Gasteiger partial charge is 0.338 e. The van der Waals surface area contributed by atoms with Gasteiger partial charge in [-0.05, 0) is 23.6 Å². The fourth-order valence-corrected chi connectivity index (χ4v) is 4.10. The van der Waals surface area contributed by atoms with Crippen LogP contribution in [0.5, 0.6) is 0 Å². The second kappa shape index (κ2) is 8.21. The molecule has 1 amide bonds. The molecule has 9 heteroatoms. The van der Waals surface area contributed by atoms with Gasteiger partial charge in [-0.2, -0.15) is 21.4 Å². The maximum absolute atomic E-state index is 12.9. The quantitative estimate of drug-likeness (QED) is 0.494. The van der Waals surface area contributed by atoms with Crippen molar-refractivity contribution >= 4 is 17.2 Å². The molecule has 5 rings (SSSR count). The number of para-hydroxylation sites is 1. The van der Waals surface area contributed by atoms with Crippen LogP contribution in [-0.4, -0.2) is 61.8 Å². The number of amides is 1. The second-order valence-electron chi connectivity index (χ2n) is 7.10. The third-order valence-electron chi connectivity index (χ3n) is 5.12. The highest BCUT2D eigenvalue weighted by Crippen LogP contribution is 2.19. The van der Waals surface area contributed by atoms with E-state index in [1.54, 1.807) is 28.4 Å². The van der Waals surface area contributed by atoms with E-state index in [0.717, 1.165) is 24.3 Å². The Kier molecular flexibility index (Phi) is 5.12. The van der Waals surface area contributed by atoms with Crippen LogP contribution >= 0.6 is 11.3 Å². The molecule has 4 aromatic rings. The van der Waals surface area contributed by atoms with Crippen molar-refractivity contribution in [3.63, 3.8) is 0 Å². The summed E-state index contributed by atoms with van der Waals surface area (Å²) in [5.41, 5.74) is 2.51. The fraction of sp³-hybridized carbons (Fsp3) is 0.238. The van der Waals surface area contributed by atoms with Gasteiger partial charge in [0.15, 0.2) is 0 Å². The SMILES string of the molecule is O=C(c1cnn(-c2ccccc2)c1)N1CCN(Cc2nc(-c3ccsc3)no2)CC1. The number of rotatable bonds is 5. The first-order valence-electron chi connectivity index (χ1n) is 9.73. The summed E-state index contributed by atoms with van der Waals surface area (Å²) >= 11 is 1.61. The topological polar surface area (TPSA) is 80.3 Å². The number of nitrogens with zero attached hydrogens (tertiary/aromatic N) is 6. The average molecular weight is 420 g/mol. The summed E-state index contributed by atoms with van der Waals surface area (Å²) < 4.78 is 7.12. The molecular formula is C21H20N6O2S. The lowest BCUT2D eigenvalue weighted by Crippen LogP contribution is -2.48. The van der Waals surface area contributed by atoms with E-state index in [1.807, 2.05) is 52.1 Å². The summed E-state index contributed by atoms with van der Waals surface area (Å²) in [6.07, 6.45) is 3.42. The zero-order valence-corrected chi connectivity index (χ0v) is 17.0. The van der Waals surface area contributed by atoms with Crippen LogP contribution in [0.3, 0.4) is 0 Å². The molecule has 152 valence electrons. The minimum absolute atomic E-state index is 0.00867. The van der Waals surface area contributed by atoms with Crippen molar-refractivity contribution in [1.29, 1.82) is 0 Å². The van der Waals surface area contributed by atoms with Crippen molar-refractivity contribution < 1.29 is 9.32 Å². The van der Waals surface area contributed by atoms with E-state index in [9.17, 15) is 4.79 Å². The predicted molar refractivity (Wildman–Crippen MR) is 112 cm³/mol. The maximum Gasteiger partial charge on any atom is 0.257 e. The average Bonchev–Trinajstić information content (AvgIpc) is 3.56. The molecule has 0 aliphatic carbocycles. The van der Waals surface area contributed by atoms with Crippen LogP contribution in [0.1, 0.15) is 16.2 Å². The highest BCUT2D eigenvalue weighted by Gasteiger charge is 2.24. The Morgan fingerprint density at radius 2 is 1.93 bits per heavy atom. The lowest BCUT2D eigenvalue weighted by molar-refractivity contribution is 0.0615. The minimum Gasteiger partial charge on any atom is -0.338 e. The number of hydrogen-bond acceptors (Lipinski definition) is 7. The van der Waals surface area contributed by atoms with Crippen molar-refractivity contribution in [3.05, 3.63) is 71.0 Å². The van der Waals surface area contributed by atoms with Gasteiger partial charge >= 0.3 is 0 Å². The van der Waals surface area contributed by atoms with E-state index >= 15 is 0 Å². The molecule has 1 aliphatic rings. The summed E-state index contributed by atoms with van der Waals surface area (Å²) in [5.74, 6) is 1.23. The van der Waals surface area contributed by atoms with Gasteiger partial charge in [-0.15, -0.1) is 0 Å². The highest BCUT2D eigenvalue weighted by atomic mass is 32.1. The van der Waals surface area contributed by atoms with Gasteiger partial charge in [-0.25, -0.2) is 4.68 Å². The van der Waals surface area contributed by atoms with Gasteiger partial charge < -0.3 is 9.42 Å². The number of carbonyl (C=O) groups is 1. The molecule has 1 aliphatic heterocycles. The number of hydrogen-bond donors (Lipinski definition) is 0. The van der Waals surface area contributed by atoms with E-state index < -0.39 is 0 Å². The van der Waals surface area contributed by atoms with E-state index in [4.69, 9.17) is 4.52 Å². The maximum atomic E-state index is 12.9. The van der Waals surface area contributed by atoms with Crippen LogP contribution in [0.15, 0.2) is 64.1 Å². The first-order chi connectivity index (χ1) is 14.8. The monoisotopic (exact) mass is 420 g/mol. The summed E-state index contributed by atoms with van der Waals surface area (Å²) in [5, 5.41) is 12.4. The molecule has 0 N–H and O–H groups in total.